The number of hydrogen-bond acceptors (Lipinski definition) is 3. The predicted octanol–water partition coefficient (Wildman–Crippen LogP) is 4.33. The van der Waals surface area contributed by atoms with E-state index >= 15 is 0 Å². The summed E-state index contributed by atoms with van der Waals surface area (Å²) in [5.41, 5.74) is 0.595. The van der Waals surface area contributed by atoms with E-state index < -0.39 is 5.82 Å². The second-order valence-electron chi connectivity index (χ2n) is 3.67. The minimum Gasteiger partial charge on any atom is -0.438 e. The normalized spacial score (nSPS) is 10.5. The Labute approximate surface area is 114 Å². The number of aromatic nitrogens is 2. The molecule has 0 spiro atoms. The van der Waals surface area contributed by atoms with E-state index in [0.29, 0.717) is 28.2 Å². The van der Waals surface area contributed by atoms with Crippen LogP contribution in [0.4, 0.5) is 4.39 Å². The van der Waals surface area contributed by atoms with Crippen LogP contribution in [0.1, 0.15) is 11.4 Å². The molecule has 0 aliphatic carbocycles. The van der Waals surface area contributed by atoms with Crippen molar-refractivity contribution in [2.45, 2.75) is 13.8 Å². The van der Waals surface area contributed by atoms with Gasteiger partial charge in [-0.2, -0.15) is 4.98 Å². The standard InChI is InChI=1S/C12H9Cl2FN2O/c1-6-11(14)16-7(2)17-12(6)18-8-3-4-9(13)10(15)5-8/h3-5H,1-2H3. The summed E-state index contributed by atoms with van der Waals surface area (Å²) in [5, 5.41) is 0.350. The van der Waals surface area contributed by atoms with Crippen molar-refractivity contribution in [3.63, 3.8) is 0 Å². The molecule has 3 nitrogen and oxygen atoms in total. The highest BCUT2D eigenvalue weighted by atomic mass is 35.5. The van der Waals surface area contributed by atoms with Gasteiger partial charge in [-0.15, -0.1) is 0 Å². The van der Waals surface area contributed by atoms with Crippen LogP contribution in [0.25, 0.3) is 0 Å². The molecule has 0 radical (unpaired) electrons. The van der Waals surface area contributed by atoms with Crippen molar-refractivity contribution in [2.75, 3.05) is 0 Å². The van der Waals surface area contributed by atoms with Gasteiger partial charge in [-0.3, -0.25) is 0 Å². The van der Waals surface area contributed by atoms with Gasteiger partial charge in [0, 0.05) is 11.6 Å². The van der Waals surface area contributed by atoms with Crippen molar-refractivity contribution >= 4 is 23.2 Å². The number of nitrogens with zero attached hydrogens (tertiary/aromatic N) is 2. The smallest absolute Gasteiger partial charge is 0.226 e. The van der Waals surface area contributed by atoms with Crippen molar-refractivity contribution in [3.8, 4) is 11.6 Å². The molecule has 0 fully saturated rings. The second-order valence-corrected chi connectivity index (χ2v) is 4.43. The molecule has 0 amide bonds. The Morgan fingerprint density at radius 3 is 2.56 bits per heavy atom. The molecule has 18 heavy (non-hydrogen) atoms. The molecule has 0 saturated carbocycles. The molecule has 1 aromatic carbocycles. The molecule has 1 aromatic heterocycles. The highest BCUT2D eigenvalue weighted by molar-refractivity contribution is 6.30. The fourth-order valence-electron chi connectivity index (χ4n) is 1.32. The average Bonchev–Trinajstić information content (AvgIpc) is 2.30. The minimum absolute atomic E-state index is 0.0379. The van der Waals surface area contributed by atoms with Gasteiger partial charge in [0.05, 0.1) is 5.02 Å². The number of rotatable bonds is 2. The van der Waals surface area contributed by atoms with Gasteiger partial charge < -0.3 is 4.74 Å². The third-order valence-electron chi connectivity index (χ3n) is 2.26. The van der Waals surface area contributed by atoms with E-state index in [-0.39, 0.29) is 5.02 Å². The lowest BCUT2D eigenvalue weighted by Gasteiger charge is -2.09. The highest BCUT2D eigenvalue weighted by Crippen LogP contribution is 2.28. The van der Waals surface area contributed by atoms with Crippen LogP contribution in [0.5, 0.6) is 11.6 Å². The first-order valence-corrected chi connectivity index (χ1v) is 5.86. The Morgan fingerprint density at radius 2 is 1.89 bits per heavy atom. The molecule has 2 aromatic rings. The molecule has 0 bridgehead atoms. The van der Waals surface area contributed by atoms with Gasteiger partial charge in [0.15, 0.2) is 0 Å². The zero-order valence-electron chi connectivity index (χ0n) is 9.67. The summed E-state index contributed by atoms with van der Waals surface area (Å²) in [5.74, 6) is 0.530. The van der Waals surface area contributed by atoms with E-state index in [2.05, 4.69) is 9.97 Å². The van der Waals surface area contributed by atoms with E-state index in [9.17, 15) is 4.39 Å². The molecule has 0 N–H and O–H groups in total. The summed E-state index contributed by atoms with van der Waals surface area (Å²) in [7, 11) is 0. The van der Waals surface area contributed by atoms with Gasteiger partial charge in [-0.1, -0.05) is 23.2 Å². The Hall–Kier alpha value is -1.39. The molecule has 94 valence electrons. The minimum atomic E-state index is -0.552. The molecule has 0 unspecified atom stereocenters. The predicted molar refractivity (Wildman–Crippen MR) is 68.0 cm³/mol. The van der Waals surface area contributed by atoms with Gasteiger partial charge in [0.2, 0.25) is 5.88 Å². The quantitative estimate of drug-likeness (QED) is 0.771. The monoisotopic (exact) mass is 286 g/mol. The van der Waals surface area contributed by atoms with Gasteiger partial charge in [0.25, 0.3) is 0 Å². The number of aryl methyl sites for hydroxylation is 1. The maximum Gasteiger partial charge on any atom is 0.226 e. The third kappa shape index (κ3) is 2.71. The third-order valence-corrected chi connectivity index (χ3v) is 2.93. The van der Waals surface area contributed by atoms with E-state index in [1.807, 2.05) is 0 Å². The highest BCUT2D eigenvalue weighted by Gasteiger charge is 2.10. The van der Waals surface area contributed by atoms with Gasteiger partial charge in [-0.05, 0) is 26.0 Å². The second kappa shape index (κ2) is 5.08. The molecule has 0 aliphatic rings. The SMILES string of the molecule is Cc1nc(Cl)c(C)c(Oc2ccc(Cl)c(F)c2)n1. The zero-order valence-corrected chi connectivity index (χ0v) is 11.2. The number of ether oxygens (including phenoxy) is 1. The number of benzene rings is 1. The number of hydrogen-bond donors (Lipinski definition) is 0. The topological polar surface area (TPSA) is 35.0 Å². The van der Waals surface area contributed by atoms with Crippen LogP contribution < -0.4 is 4.74 Å². The summed E-state index contributed by atoms with van der Waals surface area (Å²) in [4.78, 5) is 8.09. The van der Waals surface area contributed by atoms with Crippen molar-refractivity contribution in [3.05, 3.63) is 45.6 Å². The molecular formula is C12H9Cl2FN2O. The van der Waals surface area contributed by atoms with Crippen molar-refractivity contribution in [1.29, 1.82) is 0 Å². The molecule has 0 atom stereocenters. The van der Waals surface area contributed by atoms with Gasteiger partial charge in [-0.25, -0.2) is 9.37 Å². The maximum absolute atomic E-state index is 13.3. The first kappa shape index (κ1) is 13.1. The van der Waals surface area contributed by atoms with E-state index in [4.69, 9.17) is 27.9 Å². The molecular weight excluding hydrogens is 278 g/mol. The molecule has 6 heteroatoms. The van der Waals surface area contributed by atoms with E-state index in [1.165, 1.54) is 12.1 Å². The lowest BCUT2D eigenvalue weighted by atomic mass is 10.3. The van der Waals surface area contributed by atoms with Gasteiger partial charge in [0.1, 0.15) is 22.5 Å². The molecule has 0 saturated heterocycles. The summed E-state index contributed by atoms with van der Waals surface area (Å²) >= 11 is 11.5. The largest absolute Gasteiger partial charge is 0.438 e. The van der Waals surface area contributed by atoms with Crippen LogP contribution in [0.3, 0.4) is 0 Å². The first-order valence-electron chi connectivity index (χ1n) is 5.11. The van der Waals surface area contributed by atoms with Crippen molar-refractivity contribution in [2.24, 2.45) is 0 Å². The average molecular weight is 287 g/mol. The summed E-state index contributed by atoms with van der Waals surface area (Å²) in [6.45, 7) is 3.42. The lowest BCUT2D eigenvalue weighted by Crippen LogP contribution is -1.97. The van der Waals surface area contributed by atoms with Crippen molar-refractivity contribution < 1.29 is 9.13 Å². The Bertz CT molecular complexity index is 605. The Morgan fingerprint density at radius 1 is 1.17 bits per heavy atom. The molecule has 0 aliphatic heterocycles. The van der Waals surface area contributed by atoms with E-state index in [0.717, 1.165) is 0 Å². The van der Waals surface area contributed by atoms with Crippen LogP contribution in [0, 0.1) is 19.7 Å². The Kier molecular flexibility index (Phi) is 3.68. The summed E-state index contributed by atoms with van der Waals surface area (Å²) in [6.07, 6.45) is 0. The van der Waals surface area contributed by atoms with E-state index in [1.54, 1.807) is 19.9 Å². The van der Waals surface area contributed by atoms with Crippen LogP contribution in [0.2, 0.25) is 10.2 Å². The lowest BCUT2D eigenvalue weighted by molar-refractivity contribution is 0.451. The van der Waals surface area contributed by atoms with Crippen LogP contribution in [0.15, 0.2) is 18.2 Å². The fourth-order valence-corrected chi connectivity index (χ4v) is 1.64. The maximum atomic E-state index is 13.3. The molecule has 1 heterocycles. The van der Waals surface area contributed by atoms with Crippen LogP contribution in [-0.2, 0) is 0 Å². The Balaban J connectivity index is 2.36. The van der Waals surface area contributed by atoms with Crippen molar-refractivity contribution in [1.82, 2.24) is 9.97 Å². The number of halogens is 3. The fraction of sp³-hybridized carbons (Fsp3) is 0.167. The van der Waals surface area contributed by atoms with Crippen LogP contribution in [-0.4, -0.2) is 9.97 Å². The summed E-state index contributed by atoms with van der Waals surface area (Å²) in [6, 6.07) is 4.15. The molecule has 2 rings (SSSR count). The first-order chi connectivity index (χ1) is 8.47. The van der Waals surface area contributed by atoms with Gasteiger partial charge >= 0.3 is 0 Å². The zero-order chi connectivity index (χ0) is 13.3. The summed E-state index contributed by atoms with van der Waals surface area (Å²) < 4.78 is 18.7. The van der Waals surface area contributed by atoms with Crippen LogP contribution >= 0.6 is 23.2 Å².